The standard InChI is InChI=1S/C16H26N2O2S/c1-13-9-11-18(21(3,19)20)12-10-16(13)17-14(2)15-7-5-4-6-8-15/h4-8,13-14,16-17H,9-12H2,1-3H3/t13-,14+,16+/m1/s1. The zero-order chi connectivity index (χ0) is 15.5. The molecule has 2 rings (SSSR count). The van der Waals surface area contributed by atoms with Crippen LogP contribution < -0.4 is 5.32 Å². The van der Waals surface area contributed by atoms with Gasteiger partial charge in [0.1, 0.15) is 0 Å². The molecular formula is C16H26N2O2S. The van der Waals surface area contributed by atoms with E-state index in [1.807, 2.05) is 6.07 Å². The van der Waals surface area contributed by atoms with Gasteiger partial charge in [0, 0.05) is 25.2 Å². The number of hydrogen-bond donors (Lipinski definition) is 1. The monoisotopic (exact) mass is 310 g/mol. The quantitative estimate of drug-likeness (QED) is 0.929. The smallest absolute Gasteiger partial charge is 0.211 e. The molecule has 0 radical (unpaired) electrons. The summed E-state index contributed by atoms with van der Waals surface area (Å²) < 4.78 is 25.0. The first-order valence-corrected chi connectivity index (χ1v) is 9.49. The second-order valence-corrected chi connectivity index (χ2v) is 8.10. The second kappa shape index (κ2) is 6.90. The third kappa shape index (κ3) is 4.53. The van der Waals surface area contributed by atoms with Crippen molar-refractivity contribution in [1.29, 1.82) is 0 Å². The van der Waals surface area contributed by atoms with E-state index >= 15 is 0 Å². The summed E-state index contributed by atoms with van der Waals surface area (Å²) in [5, 5.41) is 3.68. The molecule has 3 atom stereocenters. The summed E-state index contributed by atoms with van der Waals surface area (Å²) in [6, 6.07) is 11.0. The molecule has 1 aromatic carbocycles. The first kappa shape index (κ1) is 16.5. The third-order valence-corrected chi connectivity index (χ3v) is 5.75. The summed E-state index contributed by atoms with van der Waals surface area (Å²) in [4.78, 5) is 0. The van der Waals surface area contributed by atoms with Crippen LogP contribution in [0.25, 0.3) is 0 Å². The average Bonchev–Trinajstić information content (AvgIpc) is 2.62. The summed E-state index contributed by atoms with van der Waals surface area (Å²) in [7, 11) is -3.07. The van der Waals surface area contributed by atoms with Gasteiger partial charge in [0.25, 0.3) is 0 Å². The molecule has 0 saturated carbocycles. The lowest BCUT2D eigenvalue weighted by Gasteiger charge is -2.27. The summed E-state index contributed by atoms with van der Waals surface area (Å²) in [6.07, 6.45) is 3.08. The molecule has 0 aliphatic carbocycles. The number of hydrogen-bond acceptors (Lipinski definition) is 3. The Balaban J connectivity index is 2.00. The number of benzene rings is 1. The summed E-state index contributed by atoms with van der Waals surface area (Å²) in [5.74, 6) is 0.475. The molecule has 1 fully saturated rings. The fourth-order valence-electron chi connectivity index (χ4n) is 2.97. The van der Waals surface area contributed by atoms with Gasteiger partial charge in [0.2, 0.25) is 10.0 Å². The Bertz CT molecular complexity index is 545. The van der Waals surface area contributed by atoms with Crippen LogP contribution >= 0.6 is 0 Å². The summed E-state index contributed by atoms with van der Waals surface area (Å²) >= 11 is 0. The van der Waals surface area contributed by atoms with Crippen LogP contribution in [-0.2, 0) is 10.0 Å². The van der Waals surface area contributed by atoms with Crippen molar-refractivity contribution in [3.05, 3.63) is 35.9 Å². The summed E-state index contributed by atoms with van der Waals surface area (Å²) in [6.45, 7) is 5.63. The van der Waals surface area contributed by atoms with Crippen LogP contribution in [0.2, 0.25) is 0 Å². The van der Waals surface area contributed by atoms with Crippen molar-refractivity contribution in [3.63, 3.8) is 0 Å². The molecule has 5 heteroatoms. The molecule has 1 heterocycles. The second-order valence-electron chi connectivity index (χ2n) is 6.12. The molecule has 0 aromatic heterocycles. The van der Waals surface area contributed by atoms with Gasteiger partial charge in [-0.1, -0.05) is 37.3 Å². The molecule has 0 amide bonds. The normalized spacial score (nSPS) is 26.2. The Hall–Kier alpha value is -0.910. The van der Waals surface area contributed by atoms with E-state index in [0.29, 0.717) is 25.0 Å². The van der Waals surface area contributed by atoms with Crippen LogP contribution in [0, 0.1) is 5.92 Å². The van der Waals surface area contributed by atoms with Crippen molar-refractivity contribution >= 4 is 10.0 Å². The SMILES string of the molecule is C[C@H](N[C@H]1CCN(S(C)(=O)=O)CC[C@H]1C)c1ccccc1. The number of nitrogens with zero attached hydrogens (tertiary/aromatic N) is 1. The summed E-state index contributed by atoms with van der Waals surface area (Å²) in [5.41, 5.74) is 1.27. The van der Waals surface area contributed by atoms with Crippen molar-refractivity contribution in [3.8, 4) is 0 Å². The maximum atomic E-state index is 11.7. The molecule has 0 bridgehead atoms. The van der Waals surface area contributed by atoms with E-state index in [9.17, 15) is 8.42 Å². The maximum Gasteiger partial charge on any atom is 0.211 e. The van der Waals surface area contributed by atoms with Crippen LogP contribution in [0.1, 0.15) is 38.3 Å². The van der Waals surface area contributed by atoms with E-state index < -0.39 is 10.0 Å². The number of nitrogens with one attached hydrogen (secondary N) is 1. The molecule has 0 spiro atoms. The molecule has 0 unspecified atom stereocenters. The van der Waals surface area contributed by atoms with Gasteiger partial charge < -0.3 is 5.32 Å². The third-order valence-electron chi connectivity index (χ3n) is 4.44. The Morgan fingerprint density at radius 2 is 1.81 bits per heavy atom. The Morgan fingerprint density at radius 1 is 1.19 bits per heavy atom. The average molecular weight is 310 g/mol. The first-order valence-electron chi connectivity index (χ1n) is 7.64. The van der Waals surface area contributed by atoms with Crippen LogP contribution in [0.3, 0.4) is 0 Å². The van der Waals surface area contributed by atoms with Crippen LogP contribution in [0.15, 0.2) is 30.3 Å². The zero-order valence-corrected chi connectivity index (χ0v) is 13.9. The highest BCUT2D eigenvalue weighted by atomic mass is 32.2. The highest BCUT2D eigenvalue weighted by molar-refractivity contribution is 7.88. The van der Waals surface area contributed by atoms with Crippen LogP contribution in [0.5, 0.6) is 0 Å². The van der Waals surface area contributed by atoms with Gasteiger partial charge in [0.15, 0.2) is 0 Å². The van der Waals surface area contributed by atoms with E-state index in [2.05, 4.69) is 43.4 Å². The van der Waals surface area contributed by atoms with Crippen LogP contribution in [0.4, 0.5) is 0 Å². The first-order chi connectivity index (χ1) is 9.88. The van der Waals surface area contributed by atoms with Gasteiger partial charge in [-0.3, -0.25) is 0 Å². The minimum absolute atomic E-state index is 0.281. The Kier molecular flexibility index (Phi) is 5.41. The highest BCUT2D eigenvalue weighted by Gasteiger charge is 2.27. The topological polar surface area (TPSA) is 49.4 Å². The lowest BCUT2D eigenvalue weighted by molar-refractivity contribution is 0.337. The molecule has 1 aliphatic rings. The number of rotatable bonds is 4. The van der Waals surface area contributed by atoms with Crippen molar-refractivity contribution in [1.82, 2.24) is 9.62 Å². The van der Waals surface area contributed by atoms with Gasteiger partial charge in [-0.05, 0) is 31.2 Å². The van der Waals surface area contributed by atoms with Gasteiger partial charge in [-0.15, -0.1) is 0 Å². The number of sulfonamides is 1. The van der Waals surface area contributed by atoms with Crippen LogP contribution in [-0.4, -0.2) is 38.1 Å². The molecule has 21 heavy (non-hydrogen) atoms. The van der Waals surface area contributed by atoms with E-state index in [1.165, 1.54) is 11.8 Å². The largest absolute Gasteiger partial charge is 0.307 e. The molecule has 118 valence electrons. The van der Waals surface area contributed by atoms with Gasteiger partial charge in [-0.2, -0.15) is 0 Å². The molecule has 1 aliphatic heterocycles. The van der Waals surface area contributed by atoms with Crippen molar-refractivity contribution in [2.75, 3.05) is 19.3 Å². The highest BCUT2D eigenvalue weighted by Crippen LogP contribution is 2.22. The fraction of sp³-hybridized carbons (Fsp3) is 0.625. The predicted octanol–water partition coefficient (Wildman–Crippen LogP) is 2.40. The fourth-order valence-corrected chi connectivity index (χ4v) is 3.84. The van der Waals surface area contributed by atoms with Gasteiger partial charge in [0.05, 0.1) is 6.26 Å². The minimum atomic E-state index is -3.07. The molecule has 1 saturated heterocycles. The van der Waals surface area contributed by atoms with Gasteiger partial charge >= 0.3 is 0 Å². The van der Waals surface area contributed by atoms with Crippen molar-refractivity contribution < 1.29 is 8.42 Å². The van der Waals surface area contributed by atoms with Crippen molar-refractivity contribution in [2.24, 2.45) is 5.92 Å². The predicted molar refractivity (Wildman–Crippen MR) is 86.6 cm³/mol. The Labute approximate surface area is 128 Å². The van der Waals surface area contributed by atoms with E-state index in [-0.39, 0.29) is 6.04 Å². The maximum absolute atomic E-state index is 11.7. The zero-order valence-electron chi connectivity index (χ0n) is 13.1. The minimum Gasteiger partial charge on any atom is -0.307 e. The van der Waals surface area contributed by atoms with Crippen molar-refractivity contribution in [2.45, 2.75) is 38.8 Å². The van der Waals surface area contributed by atoms with E-state index in [1.54, 1.807) is 4.31 Å². The molecule has 1 aromatic rings. The molecule has 4 nitrogen and oxygen atoms in total. The molecular weight excluding hydrogens is 284 g/mol. The van der Waals surface area contributed by atoms with Gasteiger partial charge in [-0.25, -0.2) is 12.7 Å². The lowest BCUT2D eigenvalue weighted by Crippen LogP contribution is -2.37. The van der Waals surface area contributed by atoms with E-state index in [4.69, 9.17) is 0 Å². The lowest BCUT2D eigenvalue weighted by atomic mass is 9.95. The molecule has 1 N–H and O–H groups in total. The Morgan fingerprint density at radius 3 is 2.43 bits per heavy atom. The van der Waals surface area contributed by atoms with E-state index in [0.717, 1.165) is 12.8 Å².